The zero-order chi connectivity index (χ0) is 28.3. The van der Waals surface area contributed by atoms with E-state index in [4.69, 9.17) is 37.7 Å². The Labute approximate surface area is 247 Å². The Balaban J connectivity index is 1.20. The number of carbonyl (C=O) groups excluding carboxylic acids is 1. The van der Waals surface area contributed by atoms with E-state index < -0.39 is 0 Å². The van der Waals surface area contributed by atoms with Gasteiger partial charge in [-0.1, -0.05) is 35.3 Å². The van der Waals surface area contributed by atoms with Crippen molar-refractivity contribution >= 4 is 34.9 Å². The van der Waals surface area contributed by atoms with Gasteiger partial charge in [-0.2, -0.15) is 4.98 Å². The molecule has 1 atom stereocenters. The average Bonchev–Trinajstić information content (AvgIpc) is 3.66. The minimum absolute atomic E-state index is 0.0466. The standard InChI is InChI=1S/C29H29Cl2N7O3/c1-19-10-27(35-29(34-19)37-7-6-32-17-37)38-9-8-36(15-21-2-4-23(30)24(31)11-21)16-22(38)13-28(39)33-14-20-3-5-25-26(12-20)41-18-40-25/h2-7,10-12,17,22H,8-9,13-16,18H2,1H3,(H,33,39). The minimum Gasteiger partial charge on any atom is -0.454 e. The van der Waals surface area contributed by atoms with Crippen LogP contribution in [0.25, 0.3) is 5.95 Å². The van der Waals surface area contributed by atoms with Gasteiger partial charge in [-0.3, -0.25) is 14.3 Å². The first-order valence-electron chi connectivity index (χ1n) is 13.3. The highest BCUT2D eigenvalue weighted by Gasteiger charge is 2.30. The van der Waals surface area contributed by atoms with Crippen LogP contribution in [0, 0.1) is 6.92 Å². The van der Waals surface area contributed by atoms with Crippen molar-refractivity contribution < 1.29 is 14.3 Å². The molecule has 2 aliphatic heterocycles. The summed E-state index contributed by atoms with van der Waals surface area (Å²) in [6, 6.07) is 13.2. The fourth-order valence-corrected chi connectivity index (χ4v) is 5.47. The summed E-state index contributed by atoms with van der Waals surface area (Å²) in [4.78, 5) is 31.4. The van der Waals surface area contributed by atoms with E-state index in [0.717, 1.165) is 34.9 Å². The van der Waals surface area contributed by atoms with E-state index in [9.17, 15) is 4.79 Å². The third kappa shape index (κ3) is 6.40. The first-order chi connectivity index (χ1) is 19.9. The minimum atomic E-state index is -0.117. The van der Waals surface area contributed by atoms with E-state index in [2.05, 4.69) is 25.1 Å². The predicted octanol–water partition coefficient (Wildman–Crippen LogP) is 4.40. The van der Waals surface area contributed by atoms with Crippen molar-refractivity contribution in [3.05, 3.63) is 88.1 Å². The van der Waals surface area contributed by atoms with Crippen LogP contribution in [-0.4, -0.2) is 62.8 Å². The van der Waals surface area contributed by atoms with Crippen LogP contribution < -0.4 is 19.7 Å². The number of aryl methyl sites for hydroxylation is 1. The van der Waals surface area contributed by atoms with Crippen molar-refractivity contribution in [2.75, 3.05) is 31.3 Å². The van der Waals surface area contributed by atoms with Crippen molar-refractivity contribution in [3.63, 3.8) is 0 Å². The summed E-state index contributed by atoms with van der Waals surface area (Å²) in [5, 5.41) is 4.14. The van der Waals surface area contributed by atoms with Crippen LogP contribution in [0.3, 0.4) is 0 Å². The Hall–Kier alpha value is -3.86. The molecule has 1 saturated heterocycles. The second-order valence-corrected chi connectivity index (χ2v) is 11.0. The number of anilines is 1. The summed E-state index contributed by atoms with van der Waals surface area (Å²) in [5.74, 6) is 2.69. The number of fused-ring (bicyclic) bond motifs is 1. The van der Waals surface area contributed by atoms with Gasteiger partial charge in [-0.25, -0.2) is 9.97 Å². The molecule has 12 heteroatoms. The summed E-state index contributed by atoms with van der Waals surface area (Å²) in [6.07, 6.45) is 5.48. The second-order valence-electron chi connectivity index (χ2n) is 10.1. The lowest BCUT2D eigenvalue weighted by molar-refractivity contribution is -0.121. The molecule has 1 N–H and O–H groups in total. The molecule has 212 valence electrons. The number of imidazole rings is 1. The molecule has 6 rings (SSSR count). The number of hydrogen-bond acceptors (Lipinski definition) is 8. The average molecular weight is 595 g/mol. The summed E-state index contributed by atoms with van der Waals surface area (Å²) in [6.45, 7) is 5.41. The third-order valence-corrected chi connectivity index (χ3v) is 7.90. The molecule has 2 aromatic heterocycles. The van der Waals surface area contributed by atoms with Gasteiger partial charge in [0.05, 0.1) is 16.1 Å². The largest absolute Gasteiger partial charge is 0.454 e. The Morgan fingerprint density at radius 1 is 1.02 bits per heavy atom. The van der Waals surface area contributed by atoms with Gasteiger partial charge in [0.2, 0.25) is 18.6 Å². The predicted molar refractivity (Wildman–Crippen MR) is 156 cm³/mol. The molecule has 0 spiro atoms. The van der Waals surface area contributed by atoms with Crippen LogP contribution in [0.1, 0.15) is 23.2 Å². The Morgan fingerprint density at radius 2 is 1.88 bits per heavy atom. The molecule has 0 bridgehead atoms. The maximum absolute atomic E-state index is 13.3. The fraction of sp³-hybridized carbons (Fsp3) is 0.310. The van der Waals surface area contributed by atoms with E-state index in [0.29, 0.717) is 54.3 Å². The molecule has 41 heavy (non-hydrogen) atoms. The van der Waals surface area contributed by atoms with E-state index >= 15 is 0 Å². The van der Waals surface area contributed by atoms with E-state index in [-0.39, 0.29) is 18.7 Å². The van der Waals surface area contributed by atoms with Crippen LogP contribution in [0.4, 0.5) is 5.82 Å². The number of ether oxygens (including phenoxy) is 2. The van der Waals surface area contributed by atoms with Crippen LogP contribution in [-0.2, 0) is 17.9 Å². The quantitative estimate of drug-likeness (QED) is 0.321. The lowest BCUT2D eigenvalue weighted by Crippen LogP contribution is -2.54. The number of aromatic nitrogens is 4. The zero-order valence-corrected chi connectivity index (χ0v) is 24.0. The second kappa shape index (κ2) is 11.9. The number of amides is 1. The van der Waals surface area contributed by atoms with Crippen molar-refractivity contribution in [2.24, 2.45) is 0 Å². The molecular weight excluding hydrogens is 565 g/mol. The summed E-state index contributed by atoms with van der Waals surface area (Å²) < 4.78 is 12.6. The molecule has 10 nitrogen and oxygen atoms in total. The van der Waals surface area contributed by atoms with E-state index in [1.54, 1.807) is 17.1 Å². The number of nitrogens with zero attached hydrogens (tertiary/aromatic N) is 6. The number of hydrogen-bond donors (Lipinski definition) is 1. The first-order valence-corrected chi connectivity index (χ1v) is 14.1. The smallest absolute Gasteiger partial charge is 0.237 e. The van der Waals surface area contributed by atoms with Crippen molar-refractivity contribution in [1.29, 1.82) is 0 Å². The molecule has 2 aliphatic rings. The number of halogens is 2. The third-order valence-electron chi connectivity index (χ3n) is 7.16. The highest BCUT2D eigenvalue weighted by atomic mass is 35.5. The molecule has 1 amide bonds. The highest BCUT2D eigenvalue weighted by Crippen LogP contribution is 2.32. The van der Waals surface area contributed by atoms with Crippen molar-refractivity contribution in [1.82, 2.24) is 29.7 Å². The maximum atomic E-state index is 13.3. The van der Waals surface area contributed by atoms with Crippen LogP contribution in [0.15, 0.2) is 61.2 Å². The summed E-state index contributed by atoms with van der Waals surface area (Å²) in [5.41, 5.74) is 2.85. The molecule has 0 saturated carbocycles. The van der Waals surface area contributed by atoms with Gasteiger partial charge in [0.15, 0.2) is 11.5 Å². The first kappa shape index (κ1) is 27.3. The lowest BCUT2D eigenvalue weighted by Gasteiger charge is -2.42. The topological polar surface area (TPSA) is 97.6 Å². The van der Waals surface area contributed by atoms with Gasteiger partial charge in [-0.05, 0) is 42.3 Å². The lowest BCUT2D eigenvalue weighted by atomic mass is 10.1. The van der Waals surface area contributed by atoms with Crippen molar-refractivity contribution in [2.45, 2.75) is 32.5 Å². The van der Waals surface area contributed by atoms with Crippen LogP contribution in [0.5, 0.6) is 11.5 Å². The Kier molecular flexibility index (Phi) is 7.95. The fourth-order valence-electron chi connectivity index (χ4n) is 5.15. The number of piperazine rings is 1. The molecule has 2 aromatic carbocycles. The van der Waals surface area contributed by atoms with E-state index in [1.807, 2.05) is 55.6 Å². The van der Waals surface area contributed by atoms with Gasteiger partial charge in [-0.15, -0.1) is 0 Å². The number of nitrogens with one attached hydrogen (secondary N) is 1. The zero-order valence-electron chi connectivity index (χ0n) is 22.5. The molecule has 4 aromatic rings. The molecule has 0 radical (unpaired) electrons. The Morgan fingerprint density at radius 3 is 2.71 bits per heavy atom. The van der Waals surface area contributed by atoms with Gasteiger partial charge in [0.1, 0.15) is 12.1 Å². The summed E-state index contributed by atoms with van der Waals surface area (Å²) >= 11 is 12.4. The number of carbonyl (C=O) groups is 1. The van der Waals surface area contributed by atoms with E-state index in [1.165, 1.54) is 0 Å². The number of rotatable bonds is 8. The maximum Gasteiger partial charge on any atom is 0.237 e. The highest BCUT2D eigenvalue weighted by molar-refractivity contribution is 6.42. The Bertz CT molecular complexity index is 1550. The van der Waals surface area contributed by atoms with Gasteiger partial charge >= 0.3 is 0 Å². The summed E-state index contributed by atoms with van der Waals surface area (Å²) in [7, 11) is 0. The van der Waals surface area contributed by atoms with Gasteiger partial charge in [0.25, 0.3) is 0 Å². The molecule has 0 aliphatic carbocycles. The monoisotopic (exact) mass is 593 g/mol. The molecule has 4 heterocycles. The molecule has 1 unspecified atom stereocenters. The van der Waals surface area contributed by atoms with Crippen LogP contribution in [0.2, 0.25) is 10.0 Å². The SMILES string of the molecule is Cc1cc(N2CCN(Cc3ccc(Cl)c(Cl)c3)CC2CC(=O)NCc2ccc3c(c2)OCO3)nc(-n2ccnc2)n1. The molecular formula is C29H29Cl2N7O3. The van der Waals surface area contributed by atoms with Crippen LogP contribution >= 0.6 is 23.2 Å². The normalized spacial score (nSPS) is 16.7. The van der Waals surface area contributed by atoms with Gasteiger partial charge in [0, 0.05) is 63.3 Å². The number of benzene rings is 2. The van der Waals surface area contributed by atoms with Gasteiger partial charge < -0.3 is 19.7 Å². The molecule has 1 fully saturated rings. The van der Waals surface area contributed by atoms with Crippen molar-refractivity contribution in [3.8, 4) is 17.4 Å².